The molecule has 1 heterocycles. The van der Waals surface area contributed by atoms with Crippen LogP contribution in [0.2, 0.25) is 5.02 Å². The maximum atomic E-state index is 12.4. The first-order valence-corrected chi connectivity index (χ1v) is 10.2. The molecule has 1 aromatic rings. The number of hydrogen-bond acceptors (Lipinski definition) is 6. The van der Waals surface area contributed by atoms with E-state index >= 15 is 0 Å². The third-order valence-corrected chi connectivity index (χ3v) is 5.69. The molecule has 1 fully saturated rings. The quantitative estimate of drug-likeness (QED) is 0.432. The van der Waals surface area contributed by atoms with Crippen LogP contribution in [0.15, 0.2) is 18.2 Å². The Morgan fingerprint density at radius 1 is 1.27 bits per heavy atom. The second kappa shape index (κ2) is 11.0. The second-order valence-electron chi connectivity index (χ2n) is 8.32. The van der Waals surface area contributed by atoms with E-state index in [1.165, 1.54) is 7.11 Å². The summed E-state index contributed by atoms with van der Waals surface area (Å²) in [7, 11) is 0.865. The number of hydrogen-bond donors (Lipinski definition) is 2. The normalized spacial score (nSPS) is 19.0. The van der Waals surface area contributed by atoms with Crippen LogP contribution in [0, 0.1) is 6.92 Å². The molecule has 7 nitrogen and oxygen atoms in total. The average Bonchev–Trinajstić information content (AvgIpc) is 2.83. The molecule has 10 heteroatoms. The number of benzene rings is 1. The summed E-state index contributed by atoms with van der Waals surface area (Å²) in [6.07, 6.45) is -0.127. The molecule has 1 unspecified atom stereocenters. The van der Waals surface area contributed by atoms with Crippen molar-refractivity contribution in [2.45, 2.75) is 70.8 Å². The van der Waals surface area contributed by atoms with Gasteiger partial charge in [0.1, 0.15) is 12.0 Å². The van der Waals surface area contributed by atoms with Crippen molar-refractivity contribution >= 4 is 37.0 Å². The molecule has 0 bridgehead atoms. The summed E-state index contributed by atoms with van der Waals surface area (Å²) in [5, 5.41) is 3.62. The number of amides is 1. The van der Waals surface area contributed by atoms with Gasteiger partial charge in [-0.25, -0.2) is 0 Å². The lowest BCUT2D eigenvalue weighted by Crippen LogP contribution is -2.50. The molecule has 0 spiro atoms. The molecule has 1 aliphatic heterocycles. The predicted octanol–water partition coefficient (Wildman–Crippen LogP) is 3.28. The van der Waals surface area contributed by atoms with Crippen molar-refractivity contribution in [1.29, 1.82) is 0 Å². The Balaban J connectivity index is 0.00000450. The van der Waals surface area contributed by atoms with Crippen LogP contribution in [-0.2, 0) is 18.8 Å². The highest BCUT2D eigenvalue weighted by Crippen LogP contribution is 2.38. The van der Waals surface area contributed by atoms with E-state index in [0.29, 0.717) is 18.1 Å². The zero-order valence-corrected chi connectivity index (χ0v) is 20.1. The van der Waals surface area contributed by atoms with Gasteiger partial charge in [-0.2, -0.15) is 0 Å². The molecule has 1 saturated heterocycles. The molecule has 0 aromatic heterocycles. The zero-order valence-electron chi connectivity index (χ0n) is 18.5. The number of carbonyl (C=O) groups is 1. The summed E-state index contributed by atoms with van der Waals surface area (Å²) in [6, 6.07) is 5.46. The Kier molecular flexibility index (Phi) is 9.92. The van der Waals surface area contributed by atoms with Gasteiger partial charge in [-0.05, 0) is 58.4 Å². The van der Waals surface area contributed by atoms with E-state index in [0.717, 1.165) is 11.3 Å². The fourth-order valence-corrected chi connectivity index (χ4v) is 3.16. The Hall–Kier alpha value is -1.03. The van der Waals surface area contributed by atoms with Gasteiger partial charge in [-0.3, -0.25) is 4.79 Å². The van der Waals surface area contributed by atoms with Gasteiger partial charge in [-0.15, -0.1) is 12.4 Å². The van der Waals surface area contributed by atoms with Gasteiger partial charge in [0.15, 0.2) is 0 Å². The highest BCUT2D eigenvalue weighted by molar-refractivity contribution is 6.48. The van der Waals surface area contributed by atoms with Crippen molar-refractivity contribution in [2.75, 3.05) is 13.7 Å². The number of rotatable bonds is 9. The fourth-order valence-electron chi connectivity index (χ4n) is 2.93. The topological polar surface area (TPSA) is 92.0 Å². The molecule has 2 rings (SSSR count). The highest BCUT2D eigenvalue weighted by atomic mass is 35.5. The van der Waals surface area contributed by atoms with E-state index < -0.39 is 30.5 Å². The van der Waals surface area contributed by atoms with E-state index in [-0.39, 0.29) is 24.7 Å². The molecule has 1 aliphatic rings. The van der Waals surface area contributed by atoms with Crippen molar-refractivity contribution in [3.05, 3.63) is 28.8 Å². The number of nitrogens with one attached hydrogen (secondary N) is 1. The summed E-state index contributed by atoms with van der Waals surface area (Å²) >= 11 is 6.00. The molecule has 170 valence electrons. The Bertz CT molecular complexity index is 704. The van der Waals surface area contributed by atoms with Crippen LogP contribution in [0.4, 0.5) is 0 Å². The van der Waals surface area contributed by atoms with Gasteiger partial charge in [-0.1, -0.05) is 11.6 Å². The fraction of sp³-hybridized carbons (Fsp3) is 0.650. The third kappa shape index (κ3) is 7.00. The van der Waals surface area contributed by atoms with Crippen molar-refractivity contribution in [3.8, 4) is 5.75 Å². The Morgan fingerprint density at radius 2 is 1.87 bits per heavy atom. The van der Waals surface area contributed by atoms with Crippen LogP contribution in [0.1, 0.15) is 46.1 Å². The summed E-state index contributed by atoms with van der Waals surface area (Å²) in [5.41, 5.74) is 5.65. The van der Waals surface area contributed by atoms with Crippen LogP contribution >= 0.6 is 24.0 Å². The van der Waals surface area contributed by atoms with Gasteiger partial charge in [0.25, 0.3) is 0 Å². The summed E-state index contributed by atoms with van der Waals surface area (Å²) in [6.45, 7) is 10.2. The monoisotopic (exact) mass is 462 g/mol. The van der Waals surface area contributed by atoms with Gasteiger partial charge in [0.05, 0.1) is 30.2 Å². The first-order valence-electron chi connectivity index (χ1n) is 9.77. The number of nitrogens with two attached hydrogens (primary N) is 1. The van der Waals surface area contributed by atoms with Crippen molar-refractivity contribution in [3.63, 3.8) is 0 Å². The number of aryl methyl sites for hydroxylation is 1. The lowest BCUT2D eigenvalue weighted by molar-refractivity contribution is -0.123. The molecular weight excluding hydrogens is 430 g/mol. The van der Waals surface area contributed by atoms with E-state index in [1.807, 2.05) is 46.8 Å². The summed E-state index contributed by atoms with van der Waals surface area (Å²) in [4.78, 5) is 12.4. The summed E-state index contributed by atoms with van der Waals surface area (Å²) < 4.78 is 23.1. The molecule has 2 atom stereocenters. The van der Waals surface area contributed by atoms with Crippen molar-refractivity contribution in [2.24, 2.45) is 5.73 Å². The zero-order chi connectivity index (χ0) is 21.8. The molecular formula is C20H33BCl2N2O5. The van der Waals surface area contributed by atoms with Gasteiger partial charge >= 0.3 is 7.12 Å². The second-order valence-corrected chi connectivity index (χ2v) is 8.76. The van der Waals surface area contributed by atoms with Crippen LogP contribution in [0.5, 0.6) is 5.75 Å². The smallest absolute Gasteiger partial charge is 0.481 e. The first-order chi connectivity index (χ1) is 13.4. The molecule has 0 radical (unpaired) electrons. The van der Waals surface area contributed by atoms with Crippen LogP contribution in [0.25, 0.3) is 0 Å². The SMILES string of the molecule is COC(N)CC(=O)N[C@H](CCOc1ccc(Cl)cc1C)B1OC(C)(C)C(C)(C)O1.Cl. The molecule has 1 amide bonds. The minimum Gasteiger partial charge on any atom is -0.493 e. The van der Waals surface area contributed by atoms with Crippen LogP contribution in [-0.4, -0.2) is 50.1 Å². The van der Waals surface area contributed by atoms with Crippen molar-refractivity contribution < 1.29 is 23.6 Å². The van der Waals surface area contributed by atoms with Crippen LogP contribution < -0.4 is 15.8 Å². The van der Waals surface area contributed by atoms with E-state index in [9.17, 15) is 4.79 Å². The minimum absolute atomic E-state index is 0. The molecule has 0 aliphatic carbocycles. The van der Waals surface area contributed by atoms with E-state index in [4.69, 9.17) is 36.1 Å². The van der Waals surface area contributed by atoms with Crippen LogP contribution in [0.3, 0.4) is 0 Å². The highest BCUT2D eigenvalue weighted by Gasteiger charge is 2.54. The van der Waals surface area contributed by atoms with Crippen molar-refractivity contribution in [1.82, 2.24) is 5.32 Å². The molecule has 0 saturated carbocycles. The lowest BCUT2D eigenvalue weighted by Gasteiger charge is -2.32. The number of methoxy groups -OCH3 is 1. The standard InChI is InChI=1S/C20H32BClN2O5.ClH/c1-13-11-14(22)7-8-15(13)27-10-9-16(24-18(25)12-17(23)26-6)21-28-19(2,3)20(4,5)29-21;/h7-8,11,16-17H,9-10,12,23H2,1-6H3,(H,24,25);1H/t16-,17?;/m1./s1. The molecule has 1 aromatic carbocycles. The number of carbonyl (C=O) groups excluding carboxylic acids is 1. The van der Waals surface area contributed by atoms with E-state index in [2.05, 4.69) is 5.32 Å². The van der Waals surface area contributed by atoms with Gasteiger partial charge in [0, 0.05) is 18.6 Å². The van der Waals surface area contributed by atoms with Gasteiger partial charge < -0.3 is 29.8 Å². The Morgan fingerprint density at radius 3 is 2.40 bits per heavy atom. The molecule has 30 heavy (non-hydrogen) atoms. The maximum absolute atomic E-state index is 12.4. The predicted molar refractivity (Wildman–Crippen MR) is 121 cm³/mol. The Labute approximate surface area is 190 Å². The number of ether oxygens (including phenoxy) is 2. The van der Waals surface area contributed by atoms with Gasteiger partial charge in [0.2, 0.25) is 5.91 Å². The average molecular weight is 463 g/mol. The minimum atomic E-state index is -0.665. The maximum Gasteiger partial charge on any atom is 0.481 e. The first kappa shape index (κ1) is 27.0. The molecule has 3 N–H and O–H groups in total. The lowest BCUT2D eigenvalue weighted by atomic mass is 9.76. The largest absolute Gasteiger partial charge is 0.493 e. The third-order valence-electron chi connectivity index (χ3n) is 5.46. The summed E-state index contributed by atoms with van der Waals surface area (Å²) in [5.74, 6) is 0.108. The van der Waals surface area contributed by atoms with E-state index in [1.54, 1.807) is 6.07 Å². The number of halogens is 2.